The Morgan fingerprint density at radius 2 is 2.24 bits per heavy atom. The topological polar surface area (TPSA) is 93.0 Å². The van der Waals surface area contributed by atoms with Crippen LogP contribution in [0.3, 0.4) is 0 Å². The predicted molar refractivity (Wildman–Crippen MR) is 79.5 cm³/mol. The third-order valence-corrected chi connectivity index (χ3v) is 4.24. The fraction of sp³-hybridized carbons (Fsp3) is 0.214. The number of nitro benzene ring substituents is 1. The zero-order chi connectivity index (χ0) is 15.6. The SMILES string of the molecule is CCCc1c(-c2cc(F)ccc2[N+](=O)[O-])sc(C#N)c1N. The molecule has 0 saturated carbocycles. The summed E-state index contributed by atoms with van der Waals surface area (Å²) in [5.74, 6) is -0.566. The van der Waals surface area contributed by atoms with Crippen LogP contribution < -0.4 is 5.73 Å². The highest BCUT2D eigenvalue weighted by Crippen LogP contribution is 2.42. The second-order valence-electron chi connectivity index (χ2n) is 4.43. The highest BCUT2D eigenvalue weighted by Gasteiger charge is 2.23. The van der Waals surface area contributed by atoms with Crippen LogP contribution in [0.5, 0.6) is 0 Å². The zero-order valence-corrected chi connectivity index (χ0v) is 12.0. The van der Waals surface area contributed by atoms with E-state index in [-0.39, 0.29) is 11.3 Å². The van der Waals surface area contributed by atoms with Gasteiger partial charge in [0.1, 0.15) is 16.8 Å². The molecule has 1 aromatic heterocycles. The third kappa shape index (κ3) is 2.71. The molecular formula is C14H12FN3O2S. The van der Waals surface area contributed by atoms with Crippen LogP contribution in [0.4, 0.5) is 15.8 Å². The predicted octanol–water partition coefficient (Wildman–Crippen LogP) is 3.87. The number of benzene rings is 1. The van der Waals surface area contributed by atoms with Gasteiger partial charge in [-0.05, 0) is 24.1 Å². The van der Waals surface area contributed by atoms with E-state index in [4.69, 9.17) is 11.0 Å². The van der Waals surface area contributed by atoms with Crippen molar-refractivity contribution in [1.82, 2.24) is 0 Å². The van der Waals surface area contributed by atoms with Crippen molar-refractivity contribution in [3.8, 4) is 16.5 Å². The molecule has 2 N–H and O–H groups in total. The van der Waals surface area contributed by atoms with Gasteiger partial charge in [0, 0.05) is 10.9 Å². The van der Waals surface area contributed by atoms with E-state index in [2.05, 4.69) is 0 Å². The fourth-order valence-corrected chi connectivity index (χ4v) is 3.22. The third-order valence-electron chi connectivity index (χ3n) is 3.05. The van der Waals surface area contributed by atoms with Gasteiger partial charge in [-0.2, -0.15) is 5.26 Å². The summed E-state index contributed by atoms with van der Waals surface area (Å²) in [5, 5.41) is 20.2. The Balaban J connectivity index is 2.75. The lowest BCUT2D eigenvalue weighted by Gasteiger charge is -2.05. The first kappa shape index (κ1) is 14.9. The van der Waals surface area contributed by atoms with Crippen molar-refractivity contribution in [1.29, 1.82) is 5.26 Å². The molecule has 0 amide bonds. The number of hydrogen-bond donors (Lipinski definition) is 1. The first-order valence-corrected chi connectivity index (χ1v) is 7.06. The number of halogens is 1. The van der Waals surface area contributed by atoms with Crippen molar-refractivity contribution in [2.45, 2.75) is 19.8 Å². The van der Waals surface area contributed by atoms with Gasteiger partial charge in [-0.15, -0.1) is 11.3 Å². The van der Waals surface area contributed by atoms with E-state index >= 15 is 0 Å². The number of nitrogens with zero attached hydrogens (tertiary/aromatic N) is 2. The van der Waals surface area contributed by atoms with Crippen LogP contribution in [0.1, 0.15) is 23.8 Å². The van der Waals surface area contributed by atoms with Crippen molar-refractivity contribution in [3.63, 3.8) is 0 Å². The van der Waals surface area contributed by atoms with Crippen LogP contribution in [0.25, 0.3) is 10.4 Å². The average Bonchev–Trinajstić information content (AvgIpc) is 2.76. The molecule has 108 valence electrons. The maximum Gasteiger partial charge on any atom is 0.278 e. The lowest BCUT2D eigenvalue weighted by atomic mass is 10.0. The molecule has 0 spiro atoms. The van der Waals surface area contributed by atoms with Gasteiger partial charge in [0.2, 0.25) is 0 Å². The standard InChI is InChI=1S/C14H12FN3O2S/c1-2-3-9-13(17)12(7-16)21-14(9)10-6-8(15)4-5-11(10)18(19)20/h4-6H,2-3,17H2,1H3. The number of nitriles is 1. The van der Waals surface area contributed by atoms with Gasteiger partial charge in [0.15, 0.2) is 0 Å². The van der Waals surface area contributed by atoms with Gasteiger partial charge < -0.3 is 5.73 Å². The van der Waals surface area contributed by atoms with E-state index in [1.807, 2.05) is 13.0 Å². The molecular weight excluding hydrogens is 293 g/mol. The average molecular weight is 305 g/mol. The monoisotopic (exact) mass is 305 g/mol. The summed E-state index contributed by atoms with van der Waals surface area (Å²) < 4.78 is 13.5. The molecule has 2 aromatic rings. The minimum atomic E-state index is -0.566. The number of nitrogen functional groups attached to an aromatic ring is 1. The summed E-state index contributed by atoms with van der Waals surface area (Å²) in [6, 6.07) is 5.26. The summed E-state index contributed by atoms with van der Waals surface area (Å²) in [4.78, 5) is 11.4. The Kier molecular flexibility index (Phi) is 4.19. The van der Waals surface area contributed by atoms with E-state index in [0.29, 0.717) is 27.4 Å². The van der Waals surface area contributed by atoms with Crippen LogP contribution in [-0.2, 0) is 6.42 Å². The van der Waals surface area contributed by atoms with Crippen molar-refractivity contribution < 1.29 is 9.31 Å². The minimum Gasteiger partial charge on any atom is -0.397 e. The molecule has 0 atom stereocenters. The molecule has 21 heavy (non-hydrogen) atoms. The Labute approximate surface area is 124 Å². The number of anilines is 1. The Hall–Kier alpha value is -2.46. The Bertz CT molecular complexity index is 749. The smallest absolute Gasteiger partial charge is 0.278 e. The number of nitrogens with two attached hydrogens (primary N) is 1. The second-order valence-corrected chi connectivity index (χ2v) is 5.45. The van der Waals surface area contributed by atoms with Crippen molar-refractivity contribution >= 4 is 22.7 Å². The maximum atomic E-state index is 13.5. The molecule has 0 saturated heterocycles. The molecule has 0 aliphatic rings. The van der Waals surface area contributed by atoms with Gasteiger partial charge in [-0.25, -0.2) is 4.39 Å². The number of hydrogen-bond acceptors (Lipinski definition) is 5. The number of nitro groups is 1. The van der Waals surface area contributed by atoms with Crippen molar-refractivity contribution in [2.24, 2.45) is 0 Å². The van der Waals surface area contributed by atoms with E-state index in [0.717, 1.165) is 36.0 Å². The van der Waals surface area contributed by atoms with Crippen LogP contribution in [0, 0.1) is 27.3 Å². The highest BCUT2D eigenvalue weighted by molar-refractivity contribution is 7.16. The highest BCUT2D eigenvalue weighted by atomic mass is 32.1. The van der Waals surface area contributed by atoms with Gasteiger partial charge in [-0.1, -0.05) is 13.3 Å². The largest absolute Gasteiger partial charge is 0.397 e. The first-order chi connectivity index (χ1) is 9.99. The Morgan fingerprint density at radius 3 is 2.81 bits per heavy atom. The Morgan fingerprint density at radius 1 is 1.52 bits per heavy atom. The molecule has 0 aliphatic carbocycles. The molecule has 0 unspecified atom stereocenters. The second kappa shape index (κ2) is 5.89. The molecule has 0 radical (unpaired) electrons. The van der Waals surface area contributed by atoms with Gasteiger partial charge in [-0.3, -0.25) is 10.1 Å². The fourth-order valence-electron chi connectivity index (χ4n) is 2.13. The van der Waals surface area contributed by atoms with Gasteiger partial charge in [0.05, 0.1) is 16.2 Å². The summed E-state index contributed by atoms with van der Waals surface area (Å²) in [5.41, 5.74) is 6.91. The maximum absolute atomic E-state index is 13.5. The molecule has 0 bridgehead atoms. The molecule has 0 aliphatic heterocycles. The van der Waals surface area contributed by atoms with Gasteiger partial charge in [0.25, 0.3) is 5.69 Å². The van der Waals surface area contributed by atoms with E-state index in [1.54, 1.807) is 0 Å². The van der Waals surface area contributed by atoms with Crippen LogP contribution in [-0.4, -0.2) is 4.92 Å². The number of thiophene rings is 1. The summed E-state index contributed by atoms with van der Waals surface area (Å²) in [7, 11) is 0. The molecule has 1 heterocycles. The van der Waals surface area contributed by atoms with Crippen molar-refractivity contribution in [2.75, 3.05) is 5.73 Å². The summed E-state index contributed by atoms with van der Waals surface area (Å²) >= 11 is 1.06. The summed E-state index contributed by atoms with van der Waals surface area (Å²) in [6.07, 6.45) is 1.34. The number of rotatable bonds is 4. The van der Waals surface area contributed by atoms with E-state index in [9.17, 15) is 14.5 Å². The quantitative estimate of drug-likeness (QED) is 0.685. The lowest BCUT2D eigenvalue weighted by molar-refractivity contribution is -0.384. The van der Waals surface area contributed by atoms with Gasteiger partial charge >= 0.3 is 0 Å². The van der Waals surface area contributed by atoms with E-state index in [1.165, 1.54) is 0 Å². The normalized spacial score (nSPS) is 10.3. The molecule has 2 rings (SSSR count). The molecule has 0 fully saturated rings. The minimum absolute atomic E-state index is 0.168. The molecule has 5 nitrogen and oxygen atoms in total. The van der Waals surface area contributed by atoms with Crippen molar-refractivity contribution in [3.05, 3.63) is 44.6 Å². The van der Waals surface area contributed by atoms with Crippen LogP contribution in [0.2, 0.25) is 0 Å². The lowest BCUT2D eigenvalue weighted by Crippen LogP contribution is -1.96. The zero-order valence-electron chi connectivity index (χ0n) is 11.2. The molecule has 1 aromatic carbocycles. The summed E-state index contributed by atoms with van der Waals surface area (Å²) in [6.45, 7) is 1.94. The molecule has 7 heteroatoms. The first-order valence-electron chi connectivity index (χ1n) is 6.25. The van der Waals surface area contributed by atoms with Crippen LogP contribution >= 0.6 is 11.3 Å². The van der Waals surface area contributed by atoms with E-state index < -0.39 is 10.7 Å². The van der Waals surface area contributed by atoms with Crippen LogP contribution in [0.15, 0.2) is 18.2 Å².